The van der Waals surface area contributed by atoms with Crippen LogP contribution in [0.3, 0.4) is 0 Å². The first kappa shape index (κ1) is 16.4. The number of benzene rings is 1. The third kappa shape index (κ3) is 3.18. The molecule has 2 aliphatic carbocycles. The molecule has 27 heavy (non-hydrogen) atoms. The molecule has 5 heteroatoms. The molecule has 1 aromatic carbocycles. The molecule has 0 spiro atoms. The van der Waals surface area contributed by atoms with Crippen molar-refractivity contribution in [2.75, 3.05) is 13.3 Å². The topological polar surface area (TPSA) is 51.7 Å². The number of allylic oxidation sites excluding steroid dienone is 2. The number of aromatic nitrogens is 1. The highest BCUT2D eigenvalue weighted by Gasteiger charge is 2.37. The maximum Gasteiger partial charge on any atom is 0.254 e. The Bertz CT molecular complexity index is 880. The summed E-state index contributed by atoms with van der Waals surface area (Å²) in [5.74, 6) is 3.43. The van der Waals surface area contributed by atoms with Crippen LogP contribution < -0.4 is 9.47 Å². The molecule has 138 valence electrons. The molecule has 5 rings (SSSR count). The van der Waals surface area contributed by atoms with Crippen LogP contribution in [0, 0.1) is 17.8 Å². The molecular weight excluding hydrogens is 340 g/mol. The van der Waals surface area contributed by atoms with Gasteiger partial charge in [0.05, 0.1) is 0 Å². The molecule has 3 aliphatic rings. The first-order valence-corrected chi connectivity index (χ1v) is 9.52. The SMILES string of the molecule is O=C(c1ccncc1)N(Cc1ccc2c(c1)OCO2)C[C@H]1C[C@@H]2C=C[C@H]1C2. The molecule has 2 bridgehead atoms. The Labute approximate surface area is 158 Å². The maximum atomic E-state index is 13.2. The van der Waals surface area contributed by atoms with Crippen LogP contribution >= 0.6 is 0 Å². The third-order valence-corrected chi connectivity index (χ3v) is 5.90. The summed E-state index contributed by atoms with van der Waals surface area (Å²) in [6.45, 7) is 1.60. The summed E-state index contributed by atoms with van der Waals surface area (Å²) >= 11 is 0. The van der Waals surface area contributed by atoms with Crippen LogP contribution in [0.2, 0.25) is 0 Å². The number of pyridine rings is 1. The van der Waals surface area contributed by atoms with Gasteiger partial charge in [-0.1, -0.05) is 18.2 Å². The van der Waals surface area contributed by atoms with Crippen molar-refractivity contribution in [1.29, 1.82) is 0 Å². The van der Waals surface area contributed by atoms with E-state index in [0.717, 1.165) is 23.6 Å². The van der Waals surface area contributed by atoms with E-state index in [1.165, 1.54) is 12.8 Å². The summed E-state index contributed by atoms with van der Waals surface area (Å²) in [6, 6.07) is 9.50. The van der Waals surface area contributed by atoms with Gasteiger partial charge in [-0.2, -0.15) is 0 Å². The fraction of sp³-hybridized carbons (Fsp3) is 0.364. The first-order valence-electron chi connectivity index (χ1n) is 9.52. The molecule has 0 saturated heterocycles. The zero-order valence-corrected chi connectivity index (χ0v) is 15.1. The van der Waals surface area contributed by atoms with E-state index in [2.05, 4.69) is 17.1 Å². The zero-order valence-electron chi connectivity index (χ0n) is 15.1. The van der Waals surface area contributed by atoms with Gasteiger partial charge in [0.2, 0.25) is 6.79 Å². The molecule has 1 fully saturated rings. The zero-order chi connectivity index (χ0) is 18.2. The largest absolute Gasteiger partial charge is 0.454 e. The number of carbonyl (C=O) groups is 1. The van der Waals surface area contributed by atoms with E-state index in [1.807, 2.05) is 23.1 Å². The molecule has 2 heterocycles. The number of hydrogen-bond acceptors (Lipinski definition) is 4. The van der Waals surface area contributed by atoms with E-state index in [4.69, 9.17) is 9.47 Å². The highest BCUT2D eigenvalue weighted by Crippen LogP contribution is 2.44. The predicted octanol–water partition coefficient (Wildman–Crippen LogP) is 3.66. The second-order valence-corrected chi connectivity index (χ2v) is 7.65. The minimum atomic E-state index is 0.0572. The van der Waals surface area contributed by atoms with Crippen molar-refractivity contribution in [3.63, 3.8) is 0 Å². The molecule has 1 aliphatic heterocycles. The van der Waals surface area contributed by atoms with Gasteiger partial charge in [0.15, 0.2) is 11.5 Å². The van der Waals surface area contributed by atoms with Crippen LogP contribution in [0.15, 0.2) is 54.9 Å². The maximum absolute atomic E-state index is 13.2. The lowest BCUT2D eigenvalue weighted by atomic mass is 9.92. The Hall–Kier alpha value is -2.82. The Morgan fingerprint density at radius 1 is 1.07 bits per heavy atom. The van der Waals surface area contributed by atoms with Crippen LogP contribution in [-0.2, 0) is 6.54 Å². The number of carbonyl (C=O) groups excluding carboxylic acids is 1. The highest BCUT2D eigenvalue weighted by molar-refractivity contribution is 5.94. The van der Waals surface area contributed by atoms with E-state index in [0.29, 0.717) is 29.9 Å². The van der Waals surface area contributed by atoms with E-state index >= 15 is 0 Å². The van der Waals surface area contributed by atoms with Gasteiger partial charge in [-0.15, -0.1) is 0 Å². The molecule has 1 aromatic heterocycles. The van der Waals surface area contributed by atoms with Gasteiger partial charge >= 0.3 is 0 Å². The Balaban J connectivity index is 1.39. The third-order valence-electron chi connectivity index (χ3n) is 5.90. The van der Waals surface area contributed by atoms with Crippen molar-refractivity contribution in [2.24, 2.45) is 17.8 Å². The molecule has 0 radical (unpaired) electrons. The van der Waals surface area contributed by atoms with Crippen molar-refractivity contribution in [3.05, 3.63) is 66.0 Å². The summed E-state index contributed by atoms with van der Waals surface area (Å²) in [5.41, 5.74) is 1.74. The monoisotopic (exact) mass is 362 g/mol. The van der Waals surface area contributed by atoms with Crippen molar-refractivity contribution in [2.45, 2.75) is 19.4 Å². The average Bonchev–Trinajstić information content (AvgIpc) is 3.44. The lowest BCUT2D eigenvalue weighted by Crippen LogP contribution is -2.36. The molecule has 0 N–H and O–H groups in total. The fourth-order valence-electron chi connectivity index (χ4n) is 4.54. The number of rotatable bonds is 5. The van der Waals surface area contributed by atoms with Gasteiger partial charge in [0.25, 0.3) is 5.91 Å². The van der Waals surface area contributed by atoms with Crippen molar-refractivity contribution < 1.29 is 14.3 Å². The van der Waals surface area contributed by atoms with Gasteiger partial charge in [-0.25, -0.2) is 0 Å². The lowest BCUT2D eigenvalue weighted by molar-refractivity contribution is 0.0704. The number of ether oxygens (including phenoxy) is 2. The minimum absolute atomic E-state index is 0.0572. The second-order valence-electron chi connectivity index (χ2n) is 7.65. The first-order chi connectivity index (χ1) is 13.3. The molecular formula is C22H22N2O3. The standard InChI is InChI=1S/C22H22N2O3/c25-22(17-5-7-23-8-6-17)24(13-19-10-15-1-3-18(19)9-15)12-16-2-4-20-21(11-16)27-14-26-20/h1-8,11,15,18-19H,9-10,12-14H2/t15-,18+,19-/m1/s1. The van der Waals surface area contributed by atoms with E-state index in [-0.39, 0.29) is 12.7 Å². The van der Waals surface area contributed by atoms with Crippen molar-refractivity contribution in [1.82, 2.24) is 9.88 Å². The molecule has 2 aromatic rings. The summed E-state index contributed by atoms with van der Waals surface area (Å²) in [5, 5.41) is 0. The van der Waals surface area contributed by atoms with E-state index < -0.39 is 0 Å². The Morgan fingerprint density at radius 3 is 2.70 bits per heavy atom. The van der Waals surface area contributed by atoms with Crippen molar-refractivity contribution >= 4 is 5.91 Å². The quantitative estimate of drug-likeness (QED) is 0.762. The van der Waals surface area contributed by atoms with E-state index in [9.17, 15) is 4.79 Å². The normalized spacial score (nSPS) is 24.4. The van der Waals surface area contributed by atoms with Crippen LogP contribution in [0.25, 0.3) is 0 Å². The summed E-state index contributed by atoms with van der Waals surface area (Å²) in [7, 11) is 0. The lowest BCUT2D eigenvalue weighted by Gasteiger charge is -2.29. The Morgan fingerprint density at radius 2 is 1.93 bits per heavy atom. The van der Waals surface area contributed by atoms with Crippen LogP contribution in [0.1, 0.15) is 28.8 Å². The Kier molecular flexibility index (Phi) is 4.07. The molecule has 3 atom stereocenters. The van der Waals surface area contributed by atoms with Gasteiger partial charge in [-0.05, 0) is 60.4 Å². The van der Waals surface area contributed by atoms with Gasteiger partial charge in [0.1, 0.15) is 0 Å². The molecule has 0 unspecified atom stereocenters. The summed E-state index contributed by atoms with van der Waals surface area (Å²) in [4.78, 5) is 19.2. The highest BCUT2D eigenvalue weighted by atomic mass is 16.7. The number of nitrogens with zero attached hydrogens (tertiary/aromatic N) is 2. The van der Waals surface area contributed by atoms with Gasteiger partial charge in [0, 0.05) is 31.0 Å². The van der Waals surface area contributed by atoms with Crippen LogP contribution in [-0.4, -0.2) is 29.1 Å². The fourth-order valence-corrected chi connectivity index (χ4v) is 4.54. The van der Waals surface area contributed by atoms with Crippen LogP contribution in [0.4, 0.5) is 0 Å². The van der Waals surface area contributed by atoms with Crippen molar-refractivity contribution in [3.8, 4) is 11.5 Å². The molecule has 1 amide bonds. The van der Waals surface area contributed by atoms with Crippen LogP contribution in [0.5, 0.6) is 11.5 Å². The van der Waals surface area contributed by atoms with Gasteiger partial charge < -0.3 is 14.4 Å². The minimum Gasteiger partial charge on any atom is -0.454 e. The van der Waals surface area contributed by atoms with Gasteiger partial charge in [-0.3, -0.25) is 9.78 Å². The summed E-state index contributed by atoms with van der Waals surface area (Å²) in [6.07, 6.45) is 10.5. The molecule has 5 nitrogen and oxygen atoms in total. The average molecular weight is 362 g/mol. The number of fused-ring (bicyclic) bond motifs is 3. The smallest absolute Gasteiger partial charge is 0.254 e. The predicted molar refractivity (Wildman–Crippen MR) is 100 cm³/mol. The second kappa shape index (κ2) is 6.72. The summed E-state index contributed by atoms with van der Waals surface area (Å²) < 4.78 is 10.9. The number of hydrogen-bond donors (Lipinski definition) is 0. The molecule has 1 saturated carbocycles. The number of amides is 1. The van der Waals surface area contributed by atoms with E-state index in [1.54, 1.807) is 24.5 Å².